The van der Waals surface area contributed by atoms with E-state index in [4.69, 9.17) is 9.47 Å². The largest absolute Gasteiger partial charge is 0.487 e. The van der Waals surface area contributed by atoms with Crippen molar-refractivity contribution in [3.8, 4) is 40.5 Å². The zero-order valence-electron chi connectivity index (χ0n) is 20.3. The molecule has 37 heavy (non-hydrogen) atoms. The van der Waals surface area contributed by atoms with Crippen molar-refractivity contribution in [1.29, 1.82) is 5.26 Å². The maximum absolute atomic E-state index is 9.76. The van der Waals surface area contributed by atoms with Gasteiger partial charge in [0, 0.05) is 20.9 Å². The molecule has 4 aromatic rings. The Kier molecular flexibility index (Phi) is 6.92. The summed E-state index contributed by atoms with van der Waals surface area (Å²) >= 11 is 2.28. The summed E-state index contributed by atoms with van der Waals surface area (Å²) in [6.45, 7) is 4.87. The molecule has 1 N–H and O–H groups in total. The second-order valence-corrected chi connectivity index (χ2v) is 10.5. The van der Waals surface area contributed by atoms with Gasteiger partial charge in [0.1, 0.15) is 41.7 Å². The summed E-state index contributed by atoms with van der Waals surface area (Å²) in [6, 6.07) is 16.1. The Hall–Kier alpha value is -3.80. The van der Waals surface area contributed by atoms with E-state index in [9.17, 15) is 10.4 Å². The Morgan fingerprint density at radius 3 is 2.59 bits per heavy atom. The first-order valence-corrected chi connectivity index (χ1v) is 12.8. The number of aromatic nitrogens is 3. The van der Waals surface area contributed by atoms with Gasteiger partial charge in [0.2, 0.25) is 0 Å². The zero-order chi connectivity index (χ0) is 26.0. The molecule has 4 heterocycles. The molecule has 0 radical (unpaired) electrons. The molecule has 0 spiro atoms. The fraction of sp³-hybridized carbons (Fsp3) is 0.250. The number of benzene rings is 1. The maximum Gasteiger partial charge on any atom is 0.149 e. The molecule has 1 aromatic carbocycles. The van der Waals surface area contributed by atoms with Crippen LogP contribution < -0.4 is 14.4 Å². The lowest BCUT2D eigenvalue weighted by atomic mass is 10.0. The number of fused-ring (bicyclic) bond motifs is 1. The summed E-state index contributed by atoms with van der Waals surface area (Å²) in [7, 11) is 0. The molecule has 0 saturated carbocycles. The number of nitrogens with zero attached hydrogens (tertiary/aromatic N) is 5. The number of nitriles is 1. The average Bonchev–Trinajstić information content (AvgIpc) is 3.27. The van der Waals surface area contributed by atoms with Crippen LogP contribution in [0, 0.1) is 26.7 Å². The number of halogens is 1. The minimum Gasteiger partial charge on any atom is -0.487 e. The highest BCUT2D eigenvalue weighted by Crippen LogP contribution is 2.32. The fourth-order valence-electron chi connectivity index (χ4n) is 3.99. The van der Waals surface area contributed by atoms with E-state index in [1.807, 2.05) is 42.5 Å². The topological polar surface area (TPSA) is 95.9 Å². The molecule has 8 nitrogen and oxygen atoms in total. The van der Waals surface area contributed by atoms with Gasteiger partial charge in [-0.3, -0.25) is 0 Å². The van der Waals surface area contributed by atoms with Gasteiger partial charge in [-0.05, 0) is 78.9 Å². The van der Waals surface area contributed by atoms with E-state index < -0.39 is 5.60 Å². The molecule has 186 valence electrons. The van der Waals surface area contributed by atoms with E-state index >= 15 is 0 Å². The average molecular weight is 605 g/mol. The van der Waals surface area contributed by atoms with Crippen molar-refractivity contribution in [1.82, 2.24) is 14.6 Å². The SMILES string of the molecule is CC(C)(O)C#CCOc1cc(-c2ccc(N3CC(Oc4ccc(I)cc4)C3)nc2)c2c(C#N)cnn2c1. The van der Waals surface area contributed by atoms with Gasteiger partial charge in [0.25, 0.3) is 0 Å². The molecule has 0 atom stereocenters. The first-order valence-electron chi connectivity index (χ1n) is 11.7. The summed E-state index contributed by atoms with van der Waals surface area (Å²) in [5.41, 5.74) is 1.68. The highest BCUT2D eigenvalue weighted by molar-refractivity contribution is 14.1. The van der Waals surface area contributed by atoms with Crippen LogP contribution in [0.3, 0.4) is 0 Å². The van der Waals surface area contributed by atoms with Gasteiger partial charge < -0.3 is 19.5 Å². The standard InChI is InChI=1S/C28H24IN5O3/c1-28(2,35)10-3-11-36-23-12-25(27-20(13-30)15-32-34(27)18-23)19-4-9-26(31-14-19)33-16-24(17-33)37-22-7-5-21(29)6-8-22/h4-9,12,14-15,18,24,35H,11,16-17H2,1-2H3. The van der Waals surface area contributed by atoms with Crippen LogP contribution in [0.25, 0.3) is 16.6 Å². The van der Waals surface area contributed by atoms with Crippen molar-refractivity contribution < 1.29 is 14.6 Å². The predicted molar refractivity (Wildman–Crippen MR) is 148 cm³/mol. The number of anilines is 1. The molecule has 9 heteroatoms. The zero-order valence-corrected chi connectivity index (χ0v) is 22.5. The molecule has 1 aliphatic heterocycles. The van der Waals surface area contributed by atoms with Crippen LogP contribution in [-0.2, 0) is 0 Å². The van der Waals surface area contributed by atoms with Crippen LogP contribution in [0.5, 0.6) is 11.5 Å². The Labute approximate surface area is 228 Å². The molecule has 1 saturated heterocycles. The summed E-state index contributed by atoms with van der Waals surface area (Å²) in [5.74, 6) is 7.83. The van der Waals surface area contributed by atoms with Gasteiger partial charge in [-0.1, -0.05) is 11.8 Å². The number of hydrogen-bond acceptors (Lipinski definition) is 7. The number of rotatable bonds is 6. The number of pyridine rings is 2. The molecule has 3 aromatic heterocycles. The lowest BCUT2D eigenvalue weighted by Gasteiger charge is -2.39. The molecule has 5 rings (SSSR count). The van der Waals surface area contributed by atoms with Gasteiger partial charge in [-0.25, -0.2) is 9.50 Å². The van der Waals surface area contributed by atoms with E-state index in [0.29, 0.717) is 16.8 Å². The van der Waals surface area contributed by atoms with Crippen LogP contribution in [0.4, 0.5) is 5.82 Å². The van der Waals surface area contributed by atoms with E-state index in [0.717, 1.165) is 35.8 Å². The van der Waals surface area contributed by atoms with Gasteiger partial charge in [0.05, 0.1) is 36.6 Å². The summed E-state index contributed by atoms with van der Waals surface area (Å²) in [6.07, 6.45) is 5.16. The Balaban J connectivity index is 1.32. The van der Waals surface area contributed by atoms with Gasteiger partial charge in [-0.2, -0.15) is 10.4 Å². The Morgan fingerprint density at radius 1 is 1.14 bits per heavy atom. The van der Waals surface area contributed by atoms with Crippen molar-refractivity contribution in [2.45, 2.75) is 25.6 Å². The maximum atomic E-state index is 9.76. The number of hydrogen-bond donors (Lipinski definition) is 1. The van der Waals surface area contributed by atoms with Crippen LogP contribution in [-0.4, -0.2) is 51.1 Å². The minimum atomic E-state index is -1.08. The lowest BCUT2D eigenvalue weighted by molar-refractivity contribution is 0.143. The van der Waals surface area contributed by atoms with Gasteiger partial charge in [-0.15, -0.1) is 0 Å². The van der Waals surface area contributed by atoms with Crippen molar-refractivity contribution in [2.24, 2.45) is 0 Å². The summed E-state index contributed by atoms with van der Waals surface area (Å²) < 4.78 is 14.6. The highest BCUT2D eigenvalue weighted by atomic mass is 127. The normalized spacial score (nSPS) is 13.4. The second-order valence-electron chi connectivity index (χ2n) is 9.21. The van der Waals surface area contributed by atoms with Crippen molar-refractivity contribution in [3.63, 3.8) is 0 Å². The van der Waals surface area contributed by atoms with Crippen LogP contribution in [0.15, 0.2) is 61.1 Å². The summed E-state index contributed by atoms with van der Waals surface area (Å²) in [5, 5.41) is 23.7. The Bertz CT molecular complexity index is 1520. The quantitative estimate of drug-likeness (QED) is 0.259. The van der Waals surface area contributed by atoms with Gasteiger partial charge in [0.15, 0.2) is 0 Å². The highest BCUT2D eigenvalue weighted by Gasteiger charge is 2.29. The predicted octanol–water partition coefficient (Wildman–Crippen LogP) is 4.29. The first kappa shape index (κ1) is 24.9. The molecule has 0 amide bonds. The fourth-order valence-corrected chi connectivity index (χ4v) is 4.35. The van der Waals surface area contributed by atoms with Crippen molar-refractivity contribution >= 4 is 33.9 Å². The molecule has 1 aliphatic rings. The van der Waals surface area contributed by atoms with Crippen molar-refractivity contribution in [2.75, 3.05) is 24.6 Å². The lowest BCUT2D eigenvalue weighted by Crippen LogP contribution is -2.54. The van der Waals surface area contributed by atoms with Crippen molar-refractivity contribution in [3.05, 3.63) is 70.2 Å². The molecule has 0 unspecified atom stereocenters. The third kappa shape index (κ3) is 5.79. The Morgan fingerprint density at radius 2 is 1.92 bits per heavy atom. The molecule has 0 aliphatic carbocycles. The smallest absolute Gasteiger partial charge is 0.149 e. The van der Waals surface area contributed by atoms with E-state index in [1.165, 1.54) is 9.77 Å². The summed E-state index contributed by atoms with van der Waals surface area (Å²) in [4.78, 5) is 6.84. The molecular weight excluding hydrogens is 581 g/mol. The first-order chi connectivity index (χ1) is 17.8. The van der Waals surface area contributed by atoms with Gasteiger partial charge >= 0.3 is 0 Å². The monoisotopic (exact) mass is 605 g/mol. The molecule has 0 bridgehead atoms. The molecular formula is C28H24IN5O3. The number of ether oxygens (including phenoxy) is 2. The third-order valence-corrected chi connectivity index (χ3v) is 6.48. The van der Waals surface area contributed by atoms with E-state index in [2.05, 4.69) is 55.5 Å². The van der Waals surface area contributed by atoms with Crippen LogP contribution in [0.1, 0.15) is 19.4 Å². The van der Waals surface area contributed by atoms with E-state index in [-0.39, 0.29) is 12.7 Å². The van der Waals surface area contributed by atoms with E-state index in [1.54, 1.807) is 30.8 Å². The molecule has 1 fully saturated rings. The number of aliphatic hydroxyl groups is 1. The second kappa shape index (κ2) is 10.3. The van der Waals surface area contributed by atoms with Crippen LogP contribution in [0.2, 0.25) is 0 Å². The minimum absolute atomic E-state index is 0.110. The third-order valence-electron chi connectivity index (χ3n) is 5.76. The van der Waals surface area contributed by atoms with Crippen LogP contribution >= 0.6 is 22.6 Å².